The van der Waals surface area contributed by atoms with Gasteiger partial charge in [-0.15, -0.1) is 0 Å². The fourth-order valence-electron chi connectivity index (χ4n) is 3.34. The van der Waals surface area contributed by atoms with Gasteiger partial charge < -0.3 is 10.4 Å². The van der Waals surface area contributed by atoms with Crippen LogP contribution >= 0.6 is 0 Å². The molecule has 1 aromatic heterocycles. The van der Waals surface area contributed by atoms with Gasteiger partial charge in [0.05, 0.1) is 0 Å². The van der Waals surface area contributed by atoms with Crippen molar-refractivity contribution in [2.75, 3.05) is 5.32 Å². The molecule has 0 spiro atoms. The van der Waals surface area contributed by atoms with Gasteiger partial charge in [0.15, 0.2) is 0 Å². The zero-order valence-corrected chi connectivity index (χ0v) is 15.9. The van der Waals surface area contributed by atoms with E-state index in [9.17, 15) is 4.79 Å². The first-order valence-corrected chi connectivity index (χ1v) is 9.60. The molecule has 0 unspecified atom stereocenters. The molecule has 142 valence electrons. The summed E-state index contributed by atoms with van der Waals surface area (Å²) in [6, 6.07) is 16.3. The Labute approximate surface area is 164 Å². The molecule has 1 saturated carbocycles. The number of carbonyl (C=O) groups is 1. The van der Waals surface area contributed by atoms with Gasteiger partial charge in [0.2, 0.25) is 5.95 Å². The second-order valence-electron chi connectivity index (χ2n) is 7.32. The number of carboxylic acid groups (broad SMARTS) is 1. The van der Waals surface area contributed by atoms with Crippen molar-refractivity contribution in [2.45, 2.75) is 38.5 Å². The number of aliphatic carboxylic acids is 1. The zero-order valence-electron chi connectivity index (χ0n) is 15.9. The highest BCUT2D eigenvalue weighted by Crippen LogP contribution is 2.39. The van der Waals surface area contributed by atoms with E-state index in [2.05, 4.69) is 33.5 Å². The molecule has 5 heteroatoms. The first-order chi connectivity index (χ1) is 13.6. The molecule has 2 aromatic carbocycles. The summed E-state index contributed by atoms with van der Waals surface area (Å²) in [6.07, 6.45) is 4.95. The lowest BCUT2D eigenvalue weighted by molar-refractivity contribution is -0.136. The van der Waals surface area contributed by atoms with Crippen LogP contribution in [0.25, 0.3) is 11.1 Å². The molecule has 3 aromatic rings. The molecular formula is C23H23N3O2. The molecule has 0 atom stereocenters. The molecule has 1 aliphatic carbocycles. The smallest absolute Gasteiger partial charge is 0.303 e. The summed E-state index contributed by atoms with van der Waals surface area (Å²) < 4.78 is 0. The summed E-state index contributed by atoms with van der Waals surface area (Å²) in [5.41, 5.74) is 6.44. The van der Waals surface area contributed by atoms with Crippen LogP contribution < -0.4 is 5.32 Å². The molecule has 5 nitrogen and oxygen atoms in total. The molecule has 28 heavy (non-hydrogen) atoms. The van der Waals surface area contributed by atoms with E-state index in [1.54, 1.807) is 0 Å². The van der Waals surface area contributed by atoms with Crippen LogP contribution in [0.15, 0.2) is 54.7 Å². The fraction of sp³-hybridized carbons (Fsp3) is 0.261. The lowest BCUT2D eigenvalue weighted by Crippen LogP contribution is -2.00. The average Bonchev–Trinajstić information content (AvgIpc) is 3.53. The van der Waals surface area contributed by atoms with Crippen LogP contribution in [-0.4, -0.2) is 21.0 Å². The van der Waals surface area contributed by atoms with Crippen molar-refractivity contribution >= 4 is 17.6 Å². The zero-order chi connectivity index (χ0) is 19.5. The average molecular weight is 373 g/mol. The van der Waals surface area contributed by atoms with Gasteiger partial charge in [-0.3, -0.25) is 4.79 Å². The van der Waals surface area contributed by atoms with E-state index in [0.717, 1.165) is 33.6 Å². The third-order valence-electron chi connectivity index (χ3n) is 5.08. The Balaban J connectivity index is 1.52. The number of nitrogens with zero attached hydrogens (tertiary/aromatic N) is 2. The maximum atomic E-state index is 10.8. The van der Waals surface area contributed by atoms with E-state index < -0.39 is 5.97 Å². The monoisotopic (exact) mass is 373 g/mol. The first-order valence-electron chi connectivity index (χ1n) is 9.60. The molecule has 0 radical (unpaired) electrons. The number of aryl methyl sites for hydroxylation is 2. The second kappa shape index (κ2) is 7.80. The lowest BCUT2D eigenvalue weighted by atomic mass is 9.97. The highest BCUT2D eigenvalue weighted by Gasteiger charge is 2.25. The summed E-state index contributed by atoms with van der Waals surface area (Å²) in [7, 11) is 0. The fourth-order valence-corrected chi connectivity index (χ4v) is 3.34. The van der Waals surface area contributed by atoms with Crippen molar-refractivity contribution < 1.29 is 9.90 Å². The minimum atomic E-state index is -0.768. The van der Waals surface area contributed by atoms with Crippen molar-refractivity contribution in [3.8, 4) is 11.1 Å². The van der Waals surface area contributed by atoms with Crippen molar-refractivity contribution in [3.63, 3.8) is 0 Å². The minimum absolute atomic E-state index is 0.152. The van der Waals surface area contributed by atoms with Crippen LogP contribution in [0, 0.1) is 6.92 Å². The molecule has 0 aliphatic heterocycles. The summed E-state index contributed by atoms with van der Waals surface area (Å²) in [5, 5.41) is 12.2. The highest BCUT2D eigenvalue weighted by atomic mass is 16.4. The number of rotatable bonds is 7. The van der Waals surface area contributed by atoms with Gasteiger partial charge in [-0.2, -0.15) is 0 Å². The molecule has 0 bridgehead atoms. The maximum Gasteiger partial charge on any atom is 0.303 e. The molecule has 1 fully saturated rings. The van der Waals surface area contributed by atoms with Crippen molar-refractivity contribution in [1.29, 1.82) is 0 Å². The second-order valence-corrected chi connectivity index (χ2v) is 7.32. The highest BCUT2D eigenvalue weighted by molar-refractivity contribution is 5.71. The van der Waals surface area contributed by atoms with Gasteiger partial charge >= 0.3 is 5.97 Å². The van der Waals surface area contributed by atoms with E-state index in [1.807, 2.05) is 43.5 Å². The van der Waals surface area contributed by atoms with E-state index in [1.165, 1.54) is 12.8 Å². The Bertz CT molecular complexity index is 1010. The van der Waals surface area contributed by atoms with E-state index in [4.69, 9.17) is 5.11 Å². The minimum Gasteiger partial charge on any atom is -0.481 e. The maximum absolute atomic E-state index is 10.8. The van der Waals surface area contributed by atoms with Gasteiger partial charge in [-0.25, -0.2) is 9.97 Å². The van der Waals surface area contributed by atoms with Gasteiger partial charge in [-0.1, -0.05) is 30.3 Å². The van der Waals surface area contributed by atoms with E-state index in [-0.39, 0.29) is 6.42 Å². The summed E-state index contributed by atoms with van der Waals surface area (Å²) in [5.74, 6) is 0.453. The molecule has 1 aliphatic rings. The Morgan fingerprint density at radius 1 is 1.14 bits per heavy atom. The van der Waals surface area contributed by atoms with E-state index >= 15 is 0 Å². The van der Waals surface area contributed by atoms with Crippen molar-refractivity contribution in [3.05, 3.63) is 71.5 Å². The van der Waals surface area contributed by atoms with Crippen LogP contribution in [0.2, 0.25) is 0 Å². The lowest BCUT2D eigenvalue weighted by Gasteiger charge is -2.11. The number of aromatic nitrogens is 2. The molecule has 2 N–H and O–H groups in total. The standard InChI is InChI=1S/C23H23N3O2/c1-15-13-19(8-5-16(15)9-10-22(27)28)18-3-2-4-20(14-18)25-23-24-12-11-21(26-23)17-6-7-17/h2-5,8,11-14,17H,6-7,9-10H2,1H3,(H,27,28)(H,24,25,26). The number of hydrogen-bond donors (Lipinski definition) is 2. The first kappa shape index (κ1) is 18.2. The van der Waals surface area contributed by atoms with Gasteiger partial charge in [0, 0.05) is 29.9 Å². The van der Waals surface area contributed by atoms with Crippen LogP contribution in [-0.2, 0) is 11.2 Å². The van der Waals surface area contributed by atoms with Gasteiger partial charge in [0.25, 0.3) is 0 Å². The van der Waals surface area contributed by atoms with Crippen molar-refractivity contribution in [1.82, 2.24) is 9.97 Å². The molecule has 4 rings (SSSR count). The Kier molecular flexibility index (Phi) is 5.06. The third-order valence-corrected chi connectivity index (χ3v) is 5.08. The third kappa shape index (κ3) is 4.36. The van der Waals surface area contributed by atoms with Crippen LogP contribution in [0.3, 0.4) is 0 Å². The Hall–Kier alpha value is -3.21. The van der Waals surface area contributed by atoms with Crippen LogP contribution in [0.1, 0.15) is 42.0 Å². The predicted molar refractivity (Wildman–Crippen MR) is 110 cm³/mol. The predicted octanol–water partition coefficient (Wildman–Crippen LogP) is 5.09. The SMILES string of the molecule is Cc1cc(-c2cccc(Nc3nccc(C4CC4)n3)c2)ccc1CCC(=O)O. The summed E-state index contributed by atoms with van der Waals surface area (Å²) in [6.45, 7) is 2.03. The largest absolute Gasteiger partial charge is 0.481 e. The molecular weight excluding hydrogens is 350 g/mol. The summed E-state index contributed by atoms with van der Waals surface area (Å²) >= 11 is 0. The molecule has 0 amide bonds. The van der Waals surface area contributed by atoms with Crippen LogP contribution in [0.4, 0.5) is 11.6 Å². The van der Waals surface area contributed by atoms with Crippen LogP contribution in [0.5, 0.6) is 0 Å². The number of carboxylic acids is 1. The van der Waals surface area contributed by atoms with Gasteiger partial charge in [-0.05, 0) is 66.6 Å². The number of hydrogen-bond acceptors (Lipinski definition) is 4. The van der Waals surface area contributed by atoms with Gasteiger partial charge in [0.1, 0.15) is 0 Å². The number of benzene rings is 2. The topological polar surface area (TPSA) is 75.1 Å². The normalized spacial score (nSPS) is 13.3. The molecule has 1 heterocycles. The van der Waals surface area contributed by atoms with Crippen molar-refractivity contribution in [2.24, 2.45) is 0 Å². The molecule has 0 saturated heterocycles. The number of anilines is 2. The number of nitrogens with one attached hydrogen (secondary N) is 1. The Morgan fingerprint density at radius 2 is 1.96 bits per heavy atom. The quantitative estimate of drug-likeness (QED) is 0.603. The van der Waals surface area contributed by atoms with E-state index in [0.29, 0.717) is 18.3 Å². The summed E-state index contributed by atoms with van der Waals surface area (Å²) in [4.78, 5) is 19.8. The Morgan fingerprint density at radius 3 is 2.71 bits per heavy atom.